The van der Waals surface area contributed by atoms with Crippen molar-refractivity contribution in [2.24, 2.45) is 5.73 Å². The average Bonchev–Trinajstić information content (AvgIpc) is 2.39. The van der Waals surface area contributed by atoms with Crippen LogP contribution in [0.4, 0.5) is 5.69 Å². The van der Waals surface area contributed by atoms with Crippen molar-refractivity contribution in [3.63, 3.8) is 0 Å². The monoisotopic (exact) mass is 265 g/mol. The van der Waals surface area contributed by atoms with E-state index in [9.17, 15) is 14.9 Å². The van der Waals surface area contributed by atoms with Crippen LogP contribution in [0.15, 0.2) is 18.2 Å². The topological polar surface area (TPSA) is 107 Å². The minimum absolute atomic E-state index is 0.0805. The average molecular weight is 265 g/mol. The molecule has 0 aliphatic carbocycles. The second-order valence-electron chi connectivity index (χ2n) is 4.37. The normalized spacial score (nSPS) is 16.0. The first-order valence-corrected chi connectivity index (χ1v) is 6.03. The fourth-order valence-electron chi connectivity index (χ4n) is 2.01. The molecule has 1 amide bonds. The summed E-state index contributed by atoms with van der Waals surface area (Å²) in [6, 6.07) is 3.91. The molecule has 7 heteroatoms. The lowest BCUT2D eigenvalue weighted by Gasteiger charge is -2.23. The van der Waals surface area contributed by atoms with Gasteiger partial charge < -0.3 is 15.8 Å². The molecule has 3 N–H and O–H groups in total. The van der Waals surface area contributed by atoms with Gasteiger partial charge >= 0.3 is 5.69 Å². The number of amides is 1. The van der Waals surface area contributed by atoms with Gasteiger partial charge in [-0.05, 0) is 32.0 Å². The molecule has 7 nitrogen and oxygen atoms in total. The Kier molecular flexibility index (Phi) is 3.96. The van der Waals surface area contributed by atoms with Gasteiger partial charge in [0, 0.05) is 17.7 Å². The van der Waals surface area contributed by atoms with Crippen LogP contribution in [0.3, 0.4) is 0 Å². The van der Waals surface area contributed by atoms with Gasteiger partial charge in [-0.25, -0.2) is 0 Å². The van der Waals surface area contributed by atoms with E-state index >= 15 is 0 Å². The molecule has 0 atom stereocenters. The number of carbonyl (C=O) groups excluding carboxylic acids is 1. The van der Waals surface area contributed by atoms with Gasteiger partial charge in [0.15, 0.2) is 5.75 Å². The van der Waals surface area contributed by atoms with E-state index in [2.05, 4.69) is 5.32 Å². The molecule has 0 aromatic heterocycles. The minimum atomic E-state index is -0.634. The summed E-state index contributed by atoms with van der Waals surface area (Å²) in [5, 5.41) is 14.1. The zero-order chi connectivity index (χ0) is 13.8. The van der Waals surface area contributed by atoms with E-state index in [1.54, 1.807) is 0 Å². The van der Waals surface area contributed by atoms with Crippen molar-refractivity contribution in [2.45, 2.75) is 18.9 Å². The molecule has 1 fully saturated rings. The van der Waals surface area contributed by atoms with Crippen LogP contribution in [0.1, 0.15) is 23.2 Å². The van der Waals surface area contributed by atoms with Crippen molar-refractivity contribution in [2.75, 3.05) is 13.1 Å². The predicted octanol–water partition coefficient (Wildman–Crippen LogP) is 0.824. The van der Waals surface area contributed by atoms with Gasteiger partial charge in [0.25, 0.3) is 0 Å². The van der Waals surface area contributed by atoms with E-state index in [0.717, 1.165) is 25.9 Å². The summed E-state index contributed by atoms with van der Waals surface area (Å²) in [7, 11) is 0. The number of hydrogen-bond donors (Lipinski definition) is 2. The molecule has 1 heterocycles. The van der Waals surface area contributed by atoms with Crippen LogP contribution in [0.2, 0.25) is 0 Å². The van der Waals surface area contributed by atoms with Gasteiger partial charge in [0.1, 0.15) is 6.10 Å². The molecule has 1 aliphatic heterocycles. The van der Waals surface area contributed by atoms with E-state index in [4.69, 9.17) is 10.5 Å². The zero-order valence-electron chi connectivity index (χ0n) is 10.3. The van der Waals surface area contributed by atoms with Crippen molar-refractivity contribution in [3.8, 4) is 5.75 Å². The fraction of sp³-hybridized carbons (Fsp3) is 0.417. The van der Waals surface area contributed by atoms with Crippen molar-refractivity contribution >= 4 is 11.6 Å². The van der Waals surface area contributed by atoms with E-state index < -0.39 is 10.8 Å². The van der Waals surface area contributed by atoms with Crippen molar-refractivity contribution in [3.05, 3.63) is 33.9 Å². The van der Waals surface area contributed by atoms with Gasteiger partial charge in [0.05, 0.1) is 4.92 Å². The van der Waals surface area contributed by atoms with E-state index in [1.807, 2.05) is 0 Å². The number of nitrogens with zero attached hydrogens (tertiary/aromatic N) is 1. The van der Waals surface area contributed by atoms with Crippen LogP contribution in [0.5, 0.6) is 5.75 Å². The van der Waals surface area contributed by atoms with Gasteiger partial charge in [0.2, 0.25) is 5.91 Å². The Labute approximate surface area is 109 Å². The number of hydrogen-bond acceptors (Lipinski definition) is 5. The smallest absolute Gasteiger partial charge is 0.310 e. The van der Waals surface area contributed by atoms with Crippen LogP contribution in [0, 0.1) is 10.1 Å². The molecule has 0 unspecified atom stereocenters. The maximum atomic E-state index is 11.1. The third-order valence-corrected chi connectivity index (χ3v) is 3.02. The molecule has 0 spiro atoms. The number of carbonyl (C=O) groups is 1. The molecule has 1 saturated heterocycles. The molecular formula is C12H15N3O4. The Hall–Kier alpha value is -2.15. The highest BCUT2D eigenvalue weighted by molar-refractivity contribution is 5.93. The van der Waals surface area contributed by atoms with Crippen LogP contribution in [-0.2, 0) is 0 Å². The van der Waals surface area contributed by atoms with Crippen molar-refractivity contribution < 1.29 is 14.5 Å². The summed E-state index contributed by atoms with van der Waals surface area (Å²) in [6.45, 7) is 1.63. The second-order valence-corrected chi connectivity index (χ2v) is 4.37. The van der Waals surface area contributed by atoms with Gasteiger partial charge in [-0.15, -0.1) is 0 Å². The molecule has 0 bridgehead atoms. The zero-order valence-corrected chi connectivity index (χ0v) is 10.3. The molecule has 0 saturated carbocycles. The Morgan fingerprint density at radius 3 is 2.68 bits per heavy atom. The number of nitro groups is 1. The molecule has 2 rings (SSSR count). The van der Waals surface area contributed by atoms with Gasteiger partial charge in [-0.2, -0.15) is 0 Å². The standard InChI is InChI=1S/C12H15N3O4/c13-12(16)8-1-2-10(15(17)18)11(7-8)19-9-3-5-14-6-4-9/h1-2,7,9,14H,3-6H2,(H2,13,16). The van der Waals surface area contributed by atoms with E-state index in [1.165, 1.54) is 18.2 Å². The largest absolute Gasteiger partial charge is 0.483 e. The van der Waals surface area contributed by atoms with Crippen molar-refractivity contribution in [1.82, 2.24) is 5.32 Å². The van der Waals surface area contributed by atoms with Crippen LogP contribution >= 0.6 is 0 Å². The molecular weight excluding hydrogens is 250 g/mol. The van der Waals surface area contributed by atoms with E-state index in [0.29, 0.717) is 0 Å². The summed E-state index contributed by atoms with van der Waals surface area (Å²) in [4.78, 5) is 21.5. The van der Waals surface area contributed by atoms with Gasteiger partial charge in [-0.1, -0.05) is 0 Å². The fourth-order valence-corrected chi connectivity index (χ4v) is 2.01. The Morgan fingerprint density at radius 1 is 1.42 bits per heavy atom. The number of nitro benzene ring substituents is 1. The summed E-state index contributed by atoms with van der Waals surface area (Å²) in [5.74, 6) is -0.529. The summed E-state index contributed by atoms with van der Waals surface area (Å²) >= 11 is 0. The van der Waals surface area contributed by atoms with Crippen LogP contribution in [0.25, 0.3) is 0 Å². The first kappa shape index (κ1) is 13.3. The molecule has 102 valence electrons. The lowest BCUT2D eigenvalue weighted by molar-refractivity contribution is -0.386. The van der Waals surface area contributed by atoms with Crippen molar-refractivity contribution in [1.29, 1.82) is 0 Å². The Morgan fingerprint density at radius 2 is 2.11 bits per heavy atom. The maximum Gasteiger partial charge on any atom is 0.310 e. The first-order valence-electron chi connectivity index (χ1n) is 6.03. The highest BCUT2D eigenvalue weighted by Gasteiger charge is 2.22. The third kappa shape index (κ3) is 3.19. The third-order valence-electron chi connectivity index (χ3n) is 3.02. The van der Waals surface area contributed by atoms with Crippen LogP contribution in [-0.4, -0.2) is 30.0 Å². The number of rotatable bonds is 4. The Balaban J connectivity index is 2.26. The lowest BCUT2D eigenvalue weighted by Crippen LogP contribution is -2.34. The highest BCUT2D eigenvalue weighted by atomic mass is 16.6. The number of nitrogens with one attached hydrogen (secondary N) is 1. The second kappa shape index (κ2) is 5.66. The molecule has 1 aromatic carbocycles. The number of ether oxygens (including phenoxy) is 1. The molecule has 0 radical (unpaired) electrons. The Bertz CT molecular complexity index is 498. The number of benzene rings is 1. The minimum Gasteiger partial charge on any atom is -0.483 e. The summed E-state index contributed by atoms with van der Waals surface area (Å²) in [5.41, 5.74) is 5.22. The summed E-state index contributed by atoms with van der Waals surface area (Å²) in [6.07, 6.45) is 1.47. The predicted molar refractivity (Wildman–Crippen MR) is 68.1 cm³/mol. The number of primary amides is 1. The maximum absolute atomic E-state index is 11.1. The number of piperidine rings is 1. The van der Waals surface area contributed by atoms with E-state index in [-0.39, 0.29) is 23.1 Å². The van der Waals surface area contributed by atoms with Crippen LogP contribution < -0.4 is 15.8 Å². The molecule has 1 aliphatic rings. The van der Waals surface area contributed by atoms with Gasteiger partial charge in [-0.3, -0.25) is 14.9 Å². The molecule has 1 aromatic rings. The quantitative estimate of drug-likeness (QED) is 0.619. The number of nitrogens with two attached hydrogens (primary N) is 1. The summed E-state index contributed by atoms with van der Waals surface area (Å²) < 4.78 is 5.65. The lowest BCUT2D eigenvalue weighted by atomic mass is 10.1. The molecule has 19 heavy (non-hydrogen) atoms. The first-order chi connectivity index (χ1) is 9.08. The highest BCUT2D eigenvalue weighted by Crippen LogP contribution is 2.30. The SMILES string of the molecule is NC(=O)c1ccc([N+](=O)[O-])c(OC2CCNCC2)c1.